The minimum Gasteiger partial charge on any atom is -0.337 e. The summed E-state index contributed by atoms with van der Waals surface area (Å²) in [6.45, 7) is 4.31. The van der Waals surface area contributed by atoms with E-state index in [4.69, 9.17) is 11.6 Å². The number of amides is 2. The van der Waals surface area contributed by atoms with Crippen molar-refractivity contribution >= 4 is 29.0 Å². The van der Waals surface area contributed by atoms with E-state index in [1.165, 1.54) is 17.7 Å². The van der Waals surface area contributed by atoms with Crippen molar-refractivity contribution < 1.29 is 4.79 Å². The van der Waals surface area contributed by atoms with Crippen molar-refractivity contribution in [3.8, 4) is 0 Å². The number of likely N-dealkylation sites (tertiary alicyclic amines) is 1. The molecule has 0 spiro atoms. The van der Waals surface area contributed by atoms with E-state index in [0.29, 0.717) is 24.0 Å². The van der Waals surface area contributed by atoms with Crippen LogP contribution in [0.4, 0.5) is 4.79 Å². The van der Waals surface area contributed by atoms with Gasteiger partial charge in [-0.15, -0.1) is 11.3 Å². The first-order valence-electron chi connectivity index (χ1n) is 8.72. The molecule has 2 N–H and O–H groups in total. The Hall–Kier alpha value is -1.56. The lowest BCUT2D eigenvalue weighted by molar-refractivity contribution is 0.209. The van der Waals surface area contributed by atoms with Crippen molar-refractivity contribution in [2.75, 3.05) is 26.2 Å². The highest BCUT2D eigenvalue weighted by Gasteiger charge is 2.20. The Bertz CT molecular complexity index is 652. The van der Waals surface area contributed by atoms with Crippen LogP contribution in [0.15, 0.2) is 41.8 Å². The molecule has 0 saturated carbocycles. The second-order valence-electron chi connectivity index (χ2n) is 6.37. The lowest BCUT2D eigenvalue weighted by atomic mass is 9.95. The third-order valence-electron chi connectivity index (χ3n) is 4.61. The molecule has 25 heavy (non-hydrogen) atoms. The summed E-state index contributed by atoms with van der Waals surface area (Å²) >= 11 is 7.72. The standard InChI is InChI=1S/C19H24ClN3OS/c20-17-5-3-15(4-6-17)14-22-19(24)21-9-12-23-10-7-16(8-11-23)18-2-1-13-25-18/h1-6,13,16H,7-12,14H2,(H2,21,22,24). The molecule has 1 saturated heterocycles. The summed E-state index contributed by atoms with van der Waals surface area (Å²) in [4.78, 5) is 15.8. The summed E-state index contributed by atoms with van der Waals surface area (Å²) in [5, 5.41) is 8.67. The average Bonchev–Trinajstić information content (AvgIpc) is 3.16. The predicted molar refractivity (Wildman–Crippen MR) is 104 cm³/mol. The molecule has 2 amide bonds. The fourth-order valence-corrected chi connectivity index (χ4v) is 4.16. The van der Waals surface area contributed by atoms with Gasteiger partial charge in [0, 0.05) is 29.5 Å². The van der Waals surface area contributed by atoms with Gasteiger partial charge in [-0.25, -0.2) is 4.79 Å². The Kier molecular flexibility index (Phi) is 6.73. The molecule has 6 heteroatoms. The van der Waals surface area contributed by atoms with Crippen molar-refractivity contribution in [2.45, 2.75) is 25.3 Å². The first-order chi connectivity index (χ1) is 12.2. The molecule has 3 rings (SSSR count). The molecule has 2 heterocycles. The van der Waals surface area contributed by atoms with Crippen molar-refractivity contribution in [1.29, 1.82) is 0 Å². The summed E-state index contributed by atoms with van der Waals surface area (Å²) in [6, 6.07) is 11.8. The smallest absolute Gasteiger partial charge is 0.315 e. The van der Waals surface area contributed by atoms with E-state index in [0.717, 1.165) is 25.2 Å². The van der Waals surface area contributed by atoms with Gasteiger partial charge in [-0.1, -0.05) is 29.8 Å². The highest BCUT2D eigenvalue weighted by Crippen LogP contribution is 2.30. The zero-order chi connectivity index (χ0) is 17.5. The number of thiophene rings is 1. The summed E-state index contributed by atoms with van der Waals surface area (Å²) < 4.78 is 0. The minimum atomic E-state index is -0.122. The third-order valence-corrected chi connectivity index (χ3v) is 5.90. The molecular formula is C19H24ClN3OS. The fraction of sp³-hybridized carbons (Fsp3) is 0.421. The normalized spacial score (nSPS) is 15.9. The zero-order valence-corrected chi connectivity index (χ0v) is 15.8. The van der Waals surface area contributed by atoms with Crippen LogP contribution in [-0.4, -0.2) is 37.1 Å². The van der Waals surface area contributed by atoms with Gasteiger partial charge >= 0.3 is 6.03 Å². The minimum absolute atomic E-state index is 0.122. The number of urea groups is 1. The van der Waals surface area contributed by atoms with Gasteiger partial charge in [0.25, 0.3) is 0 Å². The molecule has 1 aromatic carbocycles. The molecular weight excluding hydrogens is 354 g/mol. The lowest BCUT2D eigenvalue weighted by Crippen LogP contribution is -2.42. The van der Waals surface area contributed by atoms with Crippen LogP contribution in [0.1, 0.15) is 29.2 Å². The van der Waals surface area contributed by atoms with E-state index in [2.05, 4.69) is 33.0 Å². The highest BCUT2D eigenvalue weighted by atomic mass is 35.5. The number of piperidine rings is 1. The molecule has 0 atom stereocenters. The first kappa shape index (κ1) is 18.2. The van der Waals surface area contributed by atoms with Gasteiger partial charge in [0.05, 0.1) is 0 Å². The van der Waals surface area contributed by atoms with Crippen LogP contribution in [0.2, 0.25) is 5.02 Å². The average molecular weight is 378 g/mol. The number of carbonyl (C=O) groups excluding carboxylic acids is 1. The Morgan fingerprint density at radius 1 is 1.16 bits per heavy atom. The maximum absolute atomic E-state index is 11.9. The summed E-state index contributed by atoms with van der Waals surface area (Å²) in [6.07, 6.45) is 2.42. The number of carbonyl (C=O) groups is 1. The van der Waals surface area contributed by atoms with Crippen molar-refractivity contribution in [3.63, 3.8) is 0 Å². The SMILES string of the molecule is O=C(NCCN1CCC(c2cccs2)CC1)NCc1ccc(Cl)cc1. The molecule has 1 aromatic heterocycles. The molecule has 2 aromatic rings. The number of hydrogen-bond donors (Lipinski definition) is 2. The number of nitrogens with one attached hydrogen (secondary N) is 2. The molecule has 134 valence electrons. The maximum Gasteiger partial charge on any atom is 0.315 e. The monoisotopic (exact) mass is 377 g/mol. The van der Waals surface area contributed by atoms with Gasteiger partial charge in [0.1, 0.15) is 0 Å². The van der Waals surface area contributed by atoms with Crippen LogP contribution in [0.5, 0.6) is 0 Å². The van der Waals surface area contributed by atoms with E-state index in [1.54, 1.807) is 0 Å². The lowest BCUT2D eigenvalue weighted by Gasteiger charge is -2.31. The molecule has 1 aliphatic rings. The Morgan fingerprint density at radius 2 is 1.92 bits per heavy atom. The largest absolute Gasteiger partial charge is 0.337 e. The molecule has 1 fully saturated rings. The number of halogens is 1. The second-order valence-corrected chi connectivity index (χ2v) is 7.78. The summed E-state index contributed by atoms with van der Waals surface area (Å²) in [5.74, 6) is 0.715. The number of hydrogen-bond acceptors (Lipinski definition) is 3. The van der Waals surface area contributed by atoms with E-state index in [1.807, 2.05) is 35.6 Å². The van der Waals surface area contributed by atoms with E-state index in [-0.39, 0.29) is 6.03 Å². The van der Waals surface area contributed by atoms with Gasteiger partial charge in [-0.3, -0.25) is 0 Å². The third kappa shape index (κ3) is 5.73. The Balaban J connectivity index is 1.29. The zero-order valence-electron chi connectivity index (χ0n) is 14.2. The number of rotatable bonds is 6. The highest BCUT2D eigenvalue weighted by molar-refractivity contribution is 7.10. The maximum atomic E-state index is 11.9. The van der Waals surface area contributed by atoms with Crippen LogP contribution in [0.3, 0.4) is 0 Å². The van der Waals surface area contributed by atoms with Crippen LogP contribution in [0.25, 0.3) is 0 Å². The van der Waals surface area contributed by atoms with Gasteiger partial charge in [0.2, 0.25) is 0 Å². The Labute approximate surface area is 158 Å². The second kappa shape index (κ2) is 9.22. The number of nitrogens with zero attached hydrogens (tertiary/aromatic N) is 1. The first-order valence-corrected chi connectivity index (χ1v) is 9.98. The molecule has 0 aliphatic carbocycles. The van der Waals surface area contributed by atoms with E-state index in [9.17, 15) is 4.79 Å². The fourth-order valence-electron chi connectivity index (χ4n) is 3.14. The quantitative estimate of drug-likeness (QED) is 0.796. The molecule has 4 nitrogen and oxygen atoms in total. The summed E-state index contributed by atoms with van der Waals surface area (Å²) in [5.41, 5.74) is 1.04. The van der Waals surface area contributed by atoms with E-state index < -0.39 is 0 Å². The van der Waals surface area contributed by atoms with Crippen molar-refractivity contribution in [2.24, 2.45) is 0 Å². The van der Waals surface area contributed by atoms with E-state index >= 15 is 0 Å². The molecule has 0 unspecified atom stereocenters. The van der Waals surface area contributed by atoms with Crippen molar-refractivity contribution in [1.82, 2.24) is 15.5 Å². The topological polar surface area (TPSA) is 44.4 Å². The summed E-state index contributed by atoms with van der Waals surface area (Å²) in [7, 11) is 0. The predicted octanol–water partition coefficient (Wildman–Crippen LogP) is 4.08. The molecule has 0 radical (unpaired) electrons. The van der Waals surface area contributed by atoms with Crippen molar-refractivity contribution in [3.05, 3.63) is 57.2 Å². The number of benzene rings is 1. The van der Waals surface area contributed by atoms with Gasteiger partial charge < -0.3 is 15.5 Å². The van der Waals surface area contributed by atoms with Gasteiger partial charge in [0.15, 0.2) is 0 Å². The molecule has 1 aliphatic heterocycles. The van der Waals surface area contributed by atoms with Gasteiger partial charge in [-0.05, 0) is 61.0 Å². The van der Waals surface area contributed by atoms with Crippen LogP contribution in [-0.2, 0) is 6.54 Å². The molecule has 0 bridgehead atoms. The van der Waals surface area contributed by atoms with Crippen LogP contribution in [0, 0.1) is 0 Å². The van der Waals surface area contributed by atoms with Crippen LogP contribution >= 0.6 is 22.9 Å². The van der Waals surface area contributed by atoms with Gasteiger partial charge in [-0.2, -0.15) is 0 Å². The van der Waals surface area contributed by atoms with Crippen LogP contribution < -0.4 is 10.6 Å². The Morgan fingerprint density at radius 3 is 2.60 bits per heavy atom.